The highest BCUT2D eigenvalue weighted by atomic mass is 32.2. The quantitative estimate of drug-likeness (QED) is 0.929. The van der Waals surface area contributed by atoms with Gasteiger partial charge in [0, 0.05) is 22.8 Å². The van der Waals surface area contributed by atoms with Crippen LogP contribution in [0.5, 0.6) is 0 Å². The molecule has 114 valence electrons. The Hall–Kier alpha value is -0.430. The minimum atomic E-state index is -3.40. The van der Waals surface area contributed by atoms with Gasteiger partial charge in [0.1, 0.15) is 0 Å². The van der Waals surface area contributed by atoms with Crippen molar-refractivity contribution in [3.63, 3.8) is 0 Å². The molecule has 0 spiro atoms. The third kappa shape index (κ3) is 3.24. The Kier molecular flexibility index (Phi) is 5.23. The highest BCUT2D eigenvalue weighted by molar-refractivity contribution is 7.89. The summed E-state index contributed by atoms with van der Waals surface area (Å²) in [5.41, 5.74) is 0. The molecule has 0 saturated carbocycles. The van der Waals surface area contributed by atoms with E-state index in [-0.39, 0.29) is 6.61 Å². The first-order valence-electron chi connectivity index (χ1n) is 7.19. The Bertz CT molecular complexity index is 551. The zero-order chi connectivity index (χ0) is 14.8. The number of aliphatic hydroxyl groups excluding tert-OH is 1. The molecule has 6 heteroatoms. The van der Waals surface area contributed by atoms with Gasteiger partial charge in [-0.05, 0) is 38.2 Å². The third-order valence-corrected chi connectivity index (χ3v) is 7.27. The summed E-state index contributed by atoms with van der Waals surface area (Å²) >= 11 is 1.36. The van der Waals surface area contributed by atoms with Crippen molar-refractivity contribution in [3.05, 3.63) is 15.8 Å². The van der Waals surface area contributed by atoms with Gasteiger partial charge in [0.25, 0.3) is 0 Å². The molecule has 1 aromatic heterocycles. The Morgan fingerprint density at radius 1 is 1.40 bits per heavy atom. The smallest absolute Gasteiger partial charge is 0.244 e. The van der Waals surface area contributed by atoms with Crippen molar-refractivity contribution in [2.24, 2.45) is 5.92 Å². The number of aliphatic hydroxyl groups is 1. The van der Waals surface area contributed by atoms with Gasteiger partial charge in [-0.2, -0.15) is 4.31 Å². The Morgan fingerprint density at radius 2 is 2.15 bits per heavy atom. The Labute approximate surface area is 125 Å². The molecular formula is C14H23NO3S2. The van der Waals surface area contributed by atoms with E-state index in [1.807, 2.05) is 6.92 Å². The molecule has 1 saturated heterocycles. The molecule has 1 unspecified atom stereocenters. The fraction of sp³-hybridized carbons (Fsp3) is 0.714. The lowest BCUT2D eigenvalue weighted by molar-refractivity contribution is 0.285. The molecule has 1 aliphatic rings. The molecule has 0 radical (unpaired) electrons. The first-order chi connectivity index (χ1) is 9.48. The summed E-state index contributed by atoms with van der Waals surface area (Å²) in [6.45, 7) is 5.11. The number of aryl methyl sites for hydroxylation is 1. The number of hydrogen-bond donors (Lipinski definition) is 1. The minimum absolute atomic E-state index is 0.0983. The number of sulfonamides is 1. The van der Waals surface area contributed by atoms with E-state index in [0.29, 0.717) is 28.8 Å². The van der Waals surface area contributed by atoms with Gasteiger partial charge in [0.05, 0.1) is 11.5 Å². The maximum atomic E-state index is 12.7. The predicted octanol–water partition coefficient (Wildman–Crippen LogP) is 2.75. The van der Waals surface area contributed by atoms with Crippen LogP contribution in [0, 0.1) is 12.8 Å². The van der Waals surface area contributed by atoms with Gasteiger partial charge < -0.3 is 5.11 Å². The number of thiophene rings is 1. The number of nitrogens with zero attached hydrogens (tertiary/aromatic N) is 1. The summed E-state index contributed by atoms with van der Waals surface area (Å²) in [7, 11) is -3.40. The van der Waals surface area contributed by atoms with E-state index in [1.54, 1.807) is 10.4 Å². The van der Waals surface area contributed by atoms with Crippen LogP contribution in [0.25, 0.3) is 0 Å². The highest BCUT2D eigenvalue weighted by Gasteiger charge is 2.29. The first kappa shape index (κ1) is 15.9. The summed E-state index contributed by atoms with van der Waals surface area (Å²) < 4.78 is 27.1. The highest BCUT2D eigenvalue weighted by Crippen LogP contribution is 2.30. The maximum Gasteiger partial charge on any atom is 0.244 e. The molecule has 2 rings (SSSR count). The molecule has 2 heterocycles. The molecule has 1 N–H and O–H groups in total. The summed E-state index contributed by atoms with van der Waals surface area (Å²) in [4.78, 5) is 1.86. The largest absolute Gasteiger partial charge is 0.391 e. The summed E-state index contributed by atoms with van der Waals surface area (Å²) in [6, 6.07) is 1.62. The van der Waals surface area contributed by atoms with Gasteiger partial charge in [-0.1, -0.05) is 13.3 Å². The van der Waals surface area contributed by atoms with Gasteiger partial charge >= 0.3 is 0 Å². The third-order valence-electron chi connectivity index (χ3n) is 4.08. The van der Waals surface area contributed by atoms with Crippen LogP contribution in [0.15, 0.2) is 11.0 Å². The van der Waals surface area contributed by atoms with Crippen molar-refractivity contribution in [2.45, 2.75) is 51.0 Å². The van der Waals surface area contributed by atoms with Crippen molar-refractivity contribution >= 4 is 21.4 Å². The summed E-state index contributed by atoms with van der Waals surface area (Å²) in [6.07, 6.45) is 4.13. The second kappa shape index (κ2) is 6.56. The van der Waals surface area contributed by atoms with E-state index in [4.69, 9.17) is 5.11 Å². The van der Waals surface area contributed by atoms with Crippen molar-refractivity contribution in [3.8, 4) is 0 Å². The van der Waals surface area contributed by atoms with Crippen LogP contribution in [-0.2, 0) is 16.6 Å². The second-order valence-electron chi connectivity index (χ2n) is 5.40. The molecule has 1 aliphatic heterocycles. The average Bonchev–Trinajstić information content (AvgIpc) is 2.66. The fourth-order valence-electron chi connectivity index (χ4n) is 2.78. The molecule has 0 amide bonds. The van der Waals surface area contributed by atoms with Crippen LogP contribution < -0.4 is 0 Å². The van der Waals surface area contributed by atoms with E-state index in [9.17, 15) is 8.42 Å². The van der Waals surface area contributed by atoms with Crippen molar-refractivity contribution in [2.75, 3.05) is 13.1 Å². The molecule has 1 aromatic rings. The normalized spacial score (nSPS) is 21.9. The van der Waals surface area contributed by atoms with Crippen LogP contribution in [0.3, 0.4) is 0 Å². The van der Waals surface area contributed by atoms with Gasteiger partial charge in [-0.25, -0.2) is 8.42 Å². The molecule has 0 bridgehead atoms. The number of rotatable bonds is 4. The fourth-order valence-corrected chi connectivity index (χ4v) is 5.74. The van der Waals surface area contributed by atoms with E-state index < -0.39 is 10.0 Å². The molecule has 20 heavy (non-hydrogen) atoms. The maximum absolute atomic E-state index is 12.7. The first-order valence-corrected chi connectivity index (χ1v) is 9.45. The topological polar surface area (TPSA) is 57.6 Å². The lowest BCUT2D eigenvalue weighted by Crippen LogP contribution is -2.32. The van der Waals surface area contributed by atoms with Crippen molar-refractivity contribution in [1.29, 1.82) is 0 Å². The molecule has 4 nitrogen and oxygen atoms in total. The minimum Gasteiger partial charge on any atom is -0.391 e. The van der Waals surface area contributed by atoms with Crippen LogP contribution in [0.2, 0.25) is 0 Å². The van der Waals surface area contributed by atoms with Crippen molar-refractivity contribution in [1.82, 2.24) is 4.31 Å². The van der Waals surface area contributed by atoms with E-state index in [0.717, 1.165) is 30.6 Å². The zero-order valence-electron chi connectivity index (χ0n) is 12.1. The standard InChI is InChI=1S/C14H23NO3S2/c1-3-12-5-4-7-15(8-6-12)20(17,18)14-9-13(10-16)19-11(14)2/h9,12,16H,3-8,10H2,1-2H3. The van der Waals surface area contributed by atoms with Crippen LogP contribution in [-0.4, -0.2) is 30.9 Å². The van der Waals surface area contributed by atoms with E-state index >= 15 is 0 Å². The van der Waals surface area contributed by atoms with Crippen LogP contribution >= 0.6 is 11.3 Å². The lowest BCUT2D eigenvalue weighted by Gasteiger charge is -2.20. The molecule has 1 atom stereocenters. The average molecular weight is 317 g/mol. The van der Waals surface area contributed by atoms with Gasteiger partial charge in [0.2, 0.25) is 10.0 Å². The monoisotopic (exact) mass is 317 g/mol. The lowest BCUT2D eigenvalue weighted by atomic mass is 9.98. The van der Waals surface area contributed by atoms with Crippen LogP contribution in [0.1, 0.15) is 42.4 Å². The zero-order valence-corrected chi connectivity index (χ0v) is 13.8. The molecule has 0 aromatic carbocycles. The Morgan fingerprint density at radius 3 is 2.75 bits per heavy atom. The Balaban J connectivity index is 2.23. The molecular weight excluding hydrogens is 294 g/mol. The second-order valence-corrected chi connectivity index (χ2v) is 8.65. The molecule has 1 fully saturated rings. The van der Waals surface area contributed by atoms with Gasteiger partial charge in [0.15, 0.2) is 0 Å². The van der Waals surface area contributed by atoms with Gasteiger partial charge in [-0.3, -0.25) is 0 Å². The van der Waals surface area contributed by atoms with Crippen molar-refractivity contribution < 1.29 is 13.5 Å². The van der Waals surface area contributed by atoms with E-state index in [2.05, 4.69) is 6.92 Å². The summed E-state index contributed by atoms with van der Waals surface area (Å²) in [5.74, 6) is 0.645. The molecule has 0 aliphatic carbocycles. The van der Waals surface area contributed by atoms with Gasteiger partial charge in [-0.15, -0.1) is 11.3 Å². The predicted molar refractivity (Wildman–Crippen MR) is 81.4 cm³/mol. The summed E-state index contributed by atoms with van der Waals surface area (Å²) in [5, 5.41) is 9.17. The van der Waals surface area contributed by atoms with E-state index in [1.165, 1.54) is 11.3 Å². The SMILES string of the molecule is CCC1CCCN(S(=O)(=O)c2cc(CO)sc2C)CC1. The van der Waals surface area contributed by atoms with Crippen LogP contribution in [0.4, 0.5) is 0 Å². The number of hydrogen-bond acceptors (Lipinski definition) is 4.